The lowest BCUT2D eigenvalue weighted by Gasteiger charge is -2.11. The lowest BCUT2D eigenvalue weighted by atomic mass is 10.1. The summed E-state index contributed by atoms with van der Waals surface area (Å²) in [6, 6.07) is 8.25. The molecule has 0 N–H and O–H groups in total. The molecule has 0 heterocycles. The zero-order valence-electron chi connectivity index (χ0n) is 15.0. The molecule has 0 amide bonds. The van der Waals surface area contributed by atoms with E-state index >= 15 is 0 Å². The molecule has 7 heteroatoms. The normalized spacial score (nSPS) is 11.9. The lowest BCUT2D eigenvalue weighted by Crippen LogP contribution is -2.23. The van der Waals surface area contributed by atoms with Crippen molar-refractivity contribution in [1.82, 2.24) is 0 Å². The zero-order chi connectivity index (χ0) is 20.0. The van der Waals surface area contributed by atoms with Gasteiger partial charge in [-0.25, -0.2) is 9.18 Å². The number of ketones is 1. The van der Waals surface area contributed by atoms with Crippen LogP contribution in [0.25, 0.3) is 6.08 Å². The van der Waals surface area contributed by atoms with Crippen molar-refractivity contribution >= 4 is 29.4 Å². The predicted molar refractivity (Wildman–Crippen MR) is 99.9 cm³/mol. The highest BCUT2D eigenvalue weighted by Crippen LogP contribution is 2.36. The highest BCUT2D eigenvalue weighted by atomic mass is 35.5. The van der Waals surface area contributed by atoms with Crippen LogP contribution >= 0.6 is 11.6 Å². The van der Waals surface area contributed by atoms with Gasteiger partial charge in [-0.1, -0.05) is 11.6 Å². The molecule has 0 aliphatic carbocycles. The van der Waals surface area contributed by atoms with Gasteiger partial charge in [0.15, 0.2) is 17.6 Å². The summed E-state index contributed by atoms with van der Waals surface area (Å²) < 4.78 is 28.3. The Labute approximate surface area is 161 Å². The Morgan fingerprint density at radius 2 is 1.78 bits per heavy atom. The molecule has 2 aromatic carbocycles. The second-order valence-corrected chi connectivity index (χ2v) is 5.93. The maximum atomic E-state index is 12.9. The Morgan fingerprint density at radius 1 is 1.11 bits per heavy atom. The topological polar surface area (TPSA) is 61.8 Å². The molecule has 2 rings (SSSR count). The molecule has 0 aromatic heterocycles. The molecule has 0 spiro atoms. The number of halogens is 2. The van der Waals surface area contributed by atoms with Crippen molar-refractivity contribution < 1.29 is 28.2 Å². The first-order valence-corrected chi connectivity index (χ1v) is 8.33. The van der Waals surface area contributed by atoms with E-state index in [-0.39, 0.29) is 5.56 Å². The fraction of sp³-hybridized carbons (Fsp3) is 0.200. The van der Waals surface area contributed by atoms with Gasteiger partial charge in [0.25, 0.3) is 0 Å². The van der Waals surface area contributed by atoms with E-state index < -0.39 is 23.7 Å². The Kier molecular flexibility index (Phi) is 6.96. The van der Waals surface area contributed by atoms with Crippen molar-refractivity contribution in [3.8, 4) is 11.5 Å². The molecule has 5 nitrogen and oxygen atoms in total. The van der Waals surface area contributed by atoms with Crippen LogP contribution in [0.4, 0.5) is 4.39 Å². The van der Waals surface area contributed by atoms with Crippen LogP contribution < -0.4 is 9.47 Å². The minimum atomic E-state index is -1.01. The molecule has 0 saturated carbocycles. The van der Waals surface area contributed by atoms with Gasteiger partial charge in [0.05, 0.1) is 19.2 Å². The van der Waals surface area contributed by atoms with E-state index in [2.05, 4.69) is 0 Å². The van der Waals surface area contributed by atoms with Crippen LogP contribution in [0, 0.1) is 5.82 Å². The summed E-state index contributed by atoms with van der Waals surface area (Å²) >= 11 is 6.11. The summed E-state index contributed by atoms with van der Waals surface area (Å²) in [4.78, 5) is 24.2. The Morgan fingerprint density at radius 3 is 2.37 bits per heavy atom. The van der Waals surface area contributed by atoms with Crippen molar-refractivity contribution in [2.45, 2.75) is 13.0 Å². The van der Waals surface area contributed by atoms with Crippen LogP contribution in [-0.4, -0.2) is 32.1 Å². The van der Waals surface area contributed by atoms with Gasteiger partial charge in [-0.3, -0.25) is 4.79 Å². The van der Waals surface area contributed by atoms with E-state index in [9.17, 15) is 14.0 Å². The van der Waals surface area contributed by atoms with Gasteiger partial charge >= 0.3 is 5.97 Å². The highest BCUT2D eigenvalue weighted by Gasteiger charge is 2.18. The van der Waals surface area contributed by atoms with Crippen LogP contribution in [-0.2, 0) is 9.53 Å². The molecule has 0 fully saturated rings. The summed E-state index contributed by atoms with van der Waals surface area (Å²) in [6.45, 7) is 1.45. The number of carbonyl (C=O) groups is 2. The smallest absolute Gasteiger partial charge is 0.331 e. The first-order valence-electron chi connectivity index (χ1n) is 7.95. The number of hydrogen-bond donors (Lipinski definition) is 0. The third kappa shape index (κ3) is 5.31. The summed E-state index contributed by atoms with van der Waals surface area (Å²) in [6.07, 6.45) is 1.64. The maximum absolute atomic E-state index is 12.9. The summed E-state index contributed by atoms with van der Waals surface area (Å²) in [5.41, 5.74) is 0.847. The van der Waals surface area contributed by atoms with E-state index in [4.69, 9.17) is 25.8 Å². The molecule has 1 atom stereocenters. The first kappa shape index (κ1) is 20.5. The van der Waals surface area contributed by atoms with Crippen LogP contribution in [0.15, 0.2) is 42.5 Å². The van der Waals surface area contributed by atoms with E-state index in [1.165, 1.54) is 57.6 Å². The number of hydrogen-bond acceptors (Lipinski definition) is 5. The van der Waals surface area contributed by atoms with E-state index in [0.717, 1.165) is 0 Å². The fourth-order valence-corrected chi connectivity index (χ4v) is 2.61. The molecular weight excluding hydrogens is 375 g/mol. The second kappa shape index (κ2) is 9.19. The monoisotopic (exact) mass is 392 g/mol. The van der Waals surface area contributed by atoms with Crippen molar-refractivity contribution in [3.05, 3.63) is 64.4 Å². The van der Waals surface area contributed by atoms with Gasteiger partial charge in [0.1, 0.15) is 5.82 Å². The SMILES string of the molecule is COc1cc(/C=C/C(=O)O[C@@H](C)C(=O)c2ccc(F)cc2)cc(Cl)c1OC. The standard InChI is InChI=1S/C20H18ClFO5/c1-12(19(24)14-5-7-15(22)8-6-14)27-18(23)9-4-13-10-16(21)20(26-3)17(11-13)25-2/h4-12H,1-3H3/b9-4+/t12-/m0/s1. The van der Waals surface area contributed by atoms with Crippen molar-refractivity contribution in [1.29, 1.82) is 0 Å². The molecule has 0 saturated heterocycles. The number of ether oxygens (including phenoxy) is 3. The van der Waals surface area contributed by atoms with Crippen LogP contribution in [0.1, 0.15) is 22.8 Å². The molecule has 0 bridgehead atoms. The van der Waals surface area contributed by atoms with Crippen LogP contribution in [0.2, 0.25) is 5.02 Å². The average Bonchev–Trinajstić information content (AvgIpc) is 2.65. The van der Waals surface area contributed by atoms with Gasteiger partial charge < -0.3 is 14.2 Å². The summed E-state index contributed by atoms with van der Waals surface area (Å²) in [5, 5.41) is 0.324. The molecule has 142 valence electrons. The number of rotatable bonds is 7. The van der Waals surface area contributed by atoms with Crippen molar-refractivity contribution in [2.24, 2.45) is 0 Å². The lowest BCUT2D eigenvalue weighted by molar-refractivity contribution is -0.140. The number of Topliss-reactive ketones (excluding diaryl/α,β-unsaturated/α-hetero) is 1. The first-order chi connectivity index (χ1) is 12.8. The molecule has 0 aliphatic heterocycles. The molecule has 2 aromatic rings. The number of benzene rings is 2. The fourth-order valence-electron chi connectivity index (χ4n) is 2.31. The van der Waals surface area contributed by atoms with E-state index in [1.807, 2.05) is 0 Å². The van der Waals surface area contributed by atoms with Gasteiger partial charge in [-0.15, -0.1) is 0 Å². The van der Waals surface area contributed by atoms with E-state index in [1.54, 1.807) is 12.1 Å². The Hall–Kier alpha value is -2.86. The number of methoxy groups -OCH3 is 2. The number of esters is 1. The largest absolute Gasteiger partial charge is 0.493 e. The van der Waals surface area contributed by atoms with E-state index in [0.29, 0.717) is 22.1 Å². The van der Waals surface area contributed by atoms with Gasteiger partial charge in [-0.2, -0.15) is 0 Å². The maximum Gasteiger partial charge on any atom is 0.331 e. The van der Waals surface area contributed by atoms with Crippen molar-refractivity contribution in [3.63, 3.8) is 0 Å². The molecule has 0 radical (unpaired) electrons. The van der Waals surface area contributed by atoms with Gasteiger partial charge in [0.2, 0.25) is 5.78 Å². The quantitative estimate of drug-likeness (QED) is 0.399. The zero-order valence-corrected chi connectivity index (χ0v) is 15.7. The van der Waals surface area contributed by atoms with Gasteiger partial charge in [0, 0.05) is 11.6 Å². The summed E-state index contributed by atoms with van der Waals surface area (Å²) in [5.74, 6) is -0.780. The predicted octanol–water partition coefficient (Wildman–Crippen LogP) is 4.32. The number of carbonyl (C=O) groups excluding carboxylic acids is 2. The van der Waals surface area contributed by atoms with Gasteiger partial charge in [-0.05, 0) is 55.0 Å². The average molecular weight is 393 g/mol. The second-order valence-electron chi connectivity index (χ2n) is 5.52. The molecule has 0 unspecified atom stereocenters. The highest BCUT2D eigenvalue weighted by molar-refractivity contribution is 6.32. The molecule has 27 heavy (non-hydrogen) atoms. The third-order valence-corrected chi connectivity index (χ3v) is 3.94. The Balaban J connectivity index is 2.05. The van der Waals surface area contributed by atoms with Crippen LogP contribution in [0.3, 0.4) is 0 Å². The van der Waals surface area contributed by atoms with Crippen molar-refractivity contribution in [2.75, 3.05) is 14.2 Å². The third-order valence-electron chi connectivity index (χ3n) is 3.66. The minimum Gasteiger partial charge on any atom is -0.493 e. The minimum absolute atomic E-state index is 0.257. The molecule has 0 aliphatic rings. The Bertz CT molecular complexity index is 861. The molecular formula is C20H18ClFO5. The van der Waals surface area contributed by atoms with Crippen LogP contribution in [0.5, 0.6) is 11.5 Å². The summed E-state index contributed by atoms with van der Waals surface area (Å²) in [7, 11) is 2.94.